The Bertz CT molecular complexity index is 172. The summed E-state index contributed by atoms with van der Waals surface area (Å²) in [4.78, 5) is 0. The molecule has 0 aromatic heterocycles. The summed E-state index contributed by atoms with van der Waals surface area (Å²) in [5.41, 5.74) is 1.73. The first-order valence-electron chi connectivity index (χ1n) is 5.57. The summed E-state index contributed by atoms with van der Waals surface area (Å²) in [6.45, 7) is 15.0. The molecule has 0 aromatic carbocycles. The van der Waals surface area contributed by atoms with Crippen molar-refractivity contribution in [3.8, 4) is 0 Å². The van der Waals surface area contributed by atoms with Gasteiger partial charge in [0, 0.05) is 6.61 Å². The summed E-state index contributed by atoms with van der Waals surface area (Å²) in [6.07, 6.45) is 3.38. The summed E-state index contributed by atoms with van der Waals surface area (Å²) in [5, 5.41) is 0. The van der Waals surface area contributed by atoms with E-state index in [1.807, 2.05) is 0 Å². The zero-order valence-corrected chi connectivity index (χ0v) is 10.7. The molecule has 1 heteroatoms. The number of rotatable bonds is 5. The van der Waals surface area contributed by atoms with Crippen LogP contribution in [0.2, 0.25) is 0 Å². The summed E-state index contributed by atoms with van der Waals surface area (Å²) in [7, 11) is 0. The lowest BCUT2D eigenvalue weighted by molar-refractivity contribution is 0.112. The molecule has 1 nitrogen and oxygen atoms in total. The van der Waals surface area contributed by atoms with Gasteiger partial charge < -0.3 is 4.74 Å². The summed E-state index contributed by atoms with van der Waals surface area (Å²) >= 11 is 0. The molecule has 14 heavy (non-hydrogen) atoms. The lowest BCUT2D eigenvalue weighted by Crippen LogP contribution is -2.05. The zero-order valence-electron chi connectivity index (χ0n) is 10.7. The van der Waals surface area contributed by atoms with Crippen LogP contribution in [-0.4, -0.2) is 13.2 Å². The second kappa shape index (κ2) is 6.23. The summed E-state index contributed by atoms with van der Waals surface area (Å²) < 4.78 is 5.54. The monoisotopic (exact) mass is 198 g/mol. The normalized spacial score (nSPS) is 13.8. The van der Waals surface area contributed by atoms with Crippen LogP contribution >= 0.6 is 0 Å². The van der Waals surface area contributed by atoms with Gasteiger partial charge in [-0.3, -0.25) is 0 Å². The van der Waals surface area contributed by atoms with Crippen molar-refractivity contribution in [3.05, 3.63) is 11.6 Å². The van der Waals surface area contributed by atoms with E-state index in [2.05, 4.69) is 47.6 Å². The van der Waals surface area contributed by atoms with Crippen molar-refractivity contribution in [2.24, 2.45) is 11.3 Å². The number of hydrogen-bond donors (Lipinski definition) is 0. The smallest absolute Gasteiger partial charge is 0.0503 e. The SMILES string of the molecule is C/C(=C/C(C)(C)C)CCOCC(C)C. The van der Waals surface area contributed by atoms with Gasteiger partial charge in [0.2, 0.25) is 0 Å². The number of ether oxygens (including phenoxy) is 1. The largest absolute Gasteiger partial charge is 0.381 e. The van der Waals surface area contributed by atoms with Crippen molar-refractivity contribution in [2.75, 3.05) is 13.2 Å². The van der Waals surface area contributed by atoms with Crippen molar-refractivity contribution in [3.63, 3.8) is 0 Å². The average Bonchev–Trinajstić information content (AvgIpc) is 1.94. The Morgan fingerprint density at radius 3 is 2.29 bits per heavy atom. The molecule has 0 saturated carbocycles. The van der Waals surface area contributed by atoms with E-state index >= 15 is 0 Å². The predicted molar refractivity (Wildman–Crippen MR) is 63.5 cm³/mol. The second-order valence-corrected chi connectivity index (χ2v) is 5.58. The first kappa shape index (κ1) is 13.7. The van der Waals surface area contributed by atoms with Crippen molar-refractivity contribution in [1.82, 2.24) is 0 Å². The Morgan fingerprint density at radius 2 is 1.86 bits per heavy atom. The second-order valence-electron chi connectivity index (χ2n) is 5.58. The molecule has 0 bridgehead atoms. The Labute approximate surface area is 89.5 Å². The molecule has 0 amide bonds. The molecule has 0 spiro atoms. The topological polar surface area (TPSA) is 9.23 Å². The van der Waals surface area contributed by atoms with Crippen LogP contribution in [0.25, 0.3) is 0 Å². The van der Waals surface area contributed by atoms with Gasteiger partial charge in [-0.1, -0.05) is 46.3 Å². The fraction of sp³-hybridized carbons (Fsp3) is 0.846. The highest BCUT2D eigenvalue weighted by Crippen LogP contribution is 2.18. The fourth-order valence-corrected chi connectivity index (χ4v) is 1.36. The molecule has 0 N–H and O–H groups in total. The van der Waals surface area contributed by atoms with Crippen LogP contribution < -0.4 is 0 Å². The van der Waals surface area contributed by atoms with Crippen LogP contribution in [0.15, 0.2) is 11.6 Å². The molecule has 0 aliphatic heterocycles. The molecule has 84 valence electrons. The Kier molecular flexibility index (Phi) is 6.10. The standard InChI is InChI=1S/C13H26O/c1-11(2)10-14-8-7-12(3)9-13(4,5)6/h9,11H,7-8,10H2,1-6H3/b12-9-. The van der Waals surface area contributed by atoms with E-state index in [9.17, 15) is 0 Å². The minimum Gasteiger partial charge on any atom is -0.381 e. The van der Waals surface area contributed by atoms with Gasteiger partial charge in [-0.2, -0.15) is 0 Å². The molecule has 0 saturated heterocycles. The molecule has 0 aliphatic carbocycles. The van der Waals surface area contributed by atoms with Crippen molar-refractivity contribution < 1.29 is 4.74 Å². The average molecular weight is 198 g/mol. The number of hydrogen-bond acceptors (Lipinski definition) is 1. The summed E-state index contributed by atoms with van der Waals surface area (Å²) in [5.74, 6) is 0.641. The molecule has 0 rings (SSSR count). The maximum Gasteiger partial charge on any atom is 0.0503 e. The molecule has 0 heterocycles. The van der Waals surface area contributed by atoms with Gasteiger partial charge in [0.25, 0.3) is 0 Å². The molecule has 0 aromatic rings. The van der Waals surface area contributed by atoms with E-state index in [1.165, 1.54) is 5.57 Å². The third-order valence-corrected chi connectivity index (χ3v) is 1.77. The lowest BCUT2D eigenvalue weighted by atomic mass is 9.93. The van der Waals surface area contributed by atoms with Crippen molar-refractivity contribution in [1.29, 1.82) is 0 Å². The summed E-state index contributed by atoms with van der Waals surface area (Å²) in [6, 6.07) is 0. The third kappa shape index (κ3) is 9.79. The van der Waals surface area contributed by atoms with Gasteiger partial charge in [0.15, 0.2) is 0 Å². The van der Waals surface area contributed by atoms with Gasteiger partial charge in [-0.05, 0) is 24.7 Å². The Hall–Kier alpha value is -0.300. The van der Waals surface area contributed by atoms with E-state index in [0.717, 1.165) is 19.6 Å². The molecule has 0 radical (unpaired) electrons. The van der Waals surface area contributed by atoms with Crippen LogP contribution in [0, 0.1) is 11.3 Å². The van der Waals surface area contributed by atoms with Gasteiger partial charge in [-0.25, -0.2) is 0 Å². The lowest BCUT2D eigenvalue weighted by Gasteiger charge is -2.14. The Morgan fingerprint density at radius 1 is 1.29 bits per heavy atom. The minimum absolute atomic E-state index is 0.294. The maximum absolute atomic E-state index is 5.54. The predicted octanol–water partition coefficient (Wildman–Crippen LogP) is 4.04. The third-order valence-electron chi connectivity index (χ3n) is 1.77. The van der Waals surface area contributed by atoms with Crippen molar-refractivity contribution >= 4 is 0 Å². The van der Waals surface area contributed by atoms with Crippen LogP contribution in [0.1, 0.15) is 48.0 Å². The molecular weight excluding hydrogens is 172 g/mol. The molecule has 0 aliphatic rings. The van der Waals surface area contributed by atoms with E-state index in [-0.39, 0.29) is 0 Å². The fourth-order valence-electron chi connectivity index (χ4n) is 1.36. The maximum atomic E-state index is 5.54. The number of allylic oxidation sites excluding steroid dienone is 1. The van der Waals surface area contributed by atoms with Gasteiger partial charge in [0.1, 0.15) is 0 Å². The highest BCUT2D eigenvalue weighted by atomic mass is 16.5. The quantitative estimate of drug-likeness (QED) is 0.478. The molecule has 0 fully saturated rings. The highest BCUT2D eigenvalue weighted by molar-refractivity contribution is 5.03. The minimum atomic E-state index is 0.294. The van der Waals surface area contributed by atoms with Crippen LogP contribution in [0.5, 0.6) is 0 Å². The van der Waals surface area contributed by atoms with Crippen LogP contribution in [-0.2, 0) is 4.74 Å². The van der Waals surface area contributed by atoms with E-state index in [0.29, 0.717) is 11.3 Å². The highest BCUT2D eigenvalue weighted by Gasteiger charge is 2.05. The molecular formula is C13H26O. The van der Waals surface area contributed by atoms with Gasteiger partial charge in [-0.15, -0.1) is 0 Å². The van der Waals surface area contributed by atoms with Crippen LogP contribution in [0.4, 0.5) is 0 Å². The van der Waals surface area contributed by atoms with Crippen molar-refractivity contribution in [2.45, 2.75) is 48.0 Å². The zero-order chi connectivity index (χ0) is 11.2. The van der Waals surface area contributed by atoms with Gasteiger partial charge >= 0.3 is 0 Å². The molecule has 0 unspecified atom stereocenters. The first-order valence-corrected chi connectivity index (χ1v) is 5.57. The van der Waals surface area contributed by atoms with E-state index in [1.54, 1.807) is 0 Å². The van der Waals surface area contributed by atoms with E-state index in [4.69, 9.17) is 4.74 Å². The van der Waals surface area contributed by atoms with Crippen LogP contribution in [0.3, 0.4) is 0 Å². The van der Waals surface area contributed by atoms with Gasteiger partial charge in [0.05, 0.1) is 6.61 Å². The van der Waals surface area contributed by atoms with E-state index < -0.39 is 0 Å². The Balaban J connectivity index is 3.64. The first-order chi connectivity index (χ1) is 6.31. The molecule has 0 atom stereocenters.